The highest BCUT2D eigenvalue weighted by atomic mass is 32.2. The summed E-state index contributed by atoms with van der Waals surface area (Å²) in [5, 5.41) is 2.15. The molecule has 68 valence electrons. The van der Waals surface area contributed by atoms with Crippen LogP contribution in [0.1, 0.15) is 5.69 Å². The first-order valence-electron chi connectivity index (χ1n) is 3.17. The van der Waals surface area contributed by atoms with Gasteiger partial charge in [0.1, 0.15) is 0 Å². The van der Waals surface area contributed by atoms with Crippen LogP contribution in [0.15, 0.2) is 5.38 Å². The van der Waals surface area contributed by atoms with E-state index >= 15 is 0 Å². The van der Waals surface area contributed by atoms with Crippen molar-refractivity contribution in [3.8, 4) is 0 Å². The highest BCUT2D eigenvalue weighted by molar-refractivity contribution is 7.91. The third-order valence-electron chi connectivity index (χ3n) is 1.11. The van der Waals surface area contributed by atoms with Crippen LogP contribution >= 0.6 is 11.3 Å². The van der Waals surface area contributed by atoms with Crippen LogP contribution in [0.3, 0.4) is 0 Å². The molecular weight excluding hydrogens is 198 g/mol. The monoisotopic (exact) mass is 207 g/mol. The molecule has 0 fully saturated rings. The summed E-state index contributed by atoms with van der Waals surface area (Å²) in [5.41, 5.74) is 0.800. The zero-order chi connectivity index (χ0) is 9.19. The van der Waals surface area contributed by atoms with Gasteiger partial charge in [0, 0.05) is 12.4 Å². The summed E-state index contributed by atoms with van der Waals surface area (Å²) in [6, 6.07) is 0. The second-order valence-corrected chi connectivity index (χ2v) is 4.58. The van der Waals surface area contributed by atoms with Crippen molar-refractivity contribution < 1.29 is 8.42 Å². The standard InChI is InChI=1S/C5H9N3O2S2/c1-4-3-11-5(7-4)8-12(9,10)6-2/h3,6H,1-2H3,(H,7,8). The Morgan fingerprint density at radius 2 is 2.25 bits per heavy atom. The fourth-order valence-corrected chi connectivity index (χ4v) is 2.00. The molecule has 0 spiro atoms. The van der Waals surface area contributed by atoms with Crippen molar-refractivity contribution in [2.45, 2.75) is 6.92 Å². The number of nitrogens with one attached hydrogen (secondary N) is 2. The number of aromatic nitrogens is 1. The summed E-state index contributed by atoms with van der Waals surface area (Å²) >= 11 is 1.25. The number of thiazole rings is 1. The lowest BCUT2D eigenvalue weighted by atomic mass is 10.6. The SMILES string of the molecule is CNS(=O)(=O)Nc1nc(C)cs1. The molecule has 0 amide bonds. The molecule has 0 radical (unpaired) electrons. The molecule has 0 unspecified atom stereocenters. The maximum atomic E-state index is 10.9. The first kappa shape index (κ1) is 9.43. The van der Waals surface area contributed by atoms with Crippen molar-refractivity contribution in [2.24, 2.45) is 0 Å². The third-order valence-corrected chi connectivity index (χ3v) is 3.11. The number of rotatable bonds is 3. The van der Waals surface area contributed by atoms with E-state index in [9.17, 15) is 8.42 Å². The van der Waals surface area contributed by atoms with Crippen molar-refractivity contribution >= 4 is 26.7 Å². The van der Waals surface area contributed by atoms with Gasteiger partial charge in [0.2, 0.25) is 0 Å². The van der Waals surface area contributed by atoms with Gasteiger partial charge in [0.25, 0.3) is 0 Å². The van der Waals surface area contributed by atoms with E-state index in [0.717, 1.165) is 5.69 Å². The predicted molar refractivity (Wildman–Crippen MR) is 48.5 cm³/mol. The van der Waals surface area contributed by atoms with Gasteiger partial charge >= 0.3 is 10.2 Å². The minimum atomic E-state index is -3.41. The fourth-order valence-electron chi connectivity index (χ4n) is 0.567. The van der Waals surface area contributed by atoms with Gasteiger partial charge in [-0.1, -0.05) is 0 Å². The maximum absolute atomic E-state index is 10.9. The predicted octanol–water partition coefficient (Wildman–Crippen LogP) is 0.328. The van der Waals surface area contributed by atoms with Crippen molar-refractivity contribution in [2.75, 3.05) is 11.8 Å². The largest absolute Gasteiger partial charge is 0.300 e. The Kier molecular flexibility index (Phi) is 2.65. The number of hydrogen-bond acceptors (Lipinski definition) is 4. The van der Waals surface area contributed by atoms with Gasteiger partial charge in [-0.3, -0.25) is 0 Å². The molecular formula is C5H9N3O2S2. The quantitative estimate of drug-likeness (QED) is 0.750. The van der Waals surface area contributed by atoms with Gasteiger partial charge < -0.3 is 0 Å². The van der Waals surface area contributed by atoms with Gasteiger partial charge in [-0.15, -0.1) is 11.3 Å². The Morgan fingerprint density at radius 3 is 2.67 bits per heavy atom. The van der Waals surface area contributed by atoms with Crippen molar-refractivity contribution in [3.63, 3.8) is 0 Å². The normalized spacial score (nSPS) is 11.5. The molecule has 0 saturated heterocycles. The third kappa shape index (κ3) is 2.43. The second-order valence-electron chi connectivity index (χ2n) is 2.10. The Labute approximate surface area is 75.0 Å². The smallest absolute Gasteiger partial charge is 0.246 e. The number of aryl methyl sites for hydroxylation is 1. The average molecular weight is 207 g/mol. The Morgan fingerprint density at radius 1 is 1.58 bits per heavy atom. The average Bonchev–Trinajstić information content (AvgIpc) is 2.35. The minimum Gasteiger partial charge on any atom is -0.246 e. The molecule has 7 heteroatoms. The highest BCUT2D eigenvalue weighted by Gasteiger charge is 2.07. The van der Waals surface area contributed by atoms with E-state index in [0.29, 0.717) is 5.13 Å². The van der Waals surface area contributed by atoms with E-state index in [2.05, 4.69) is 14.4 Å². The van der Waals surface area contributed by atoms with Crippen LogP contribution in [0.2, 0.25) is 0 Å². The molecule has 1 heterocycles. The summed E-state index contributed by atoms with van der Waals surface area (Å²) in [7, 11) is -2.08. The van der Waals surface area contributed by atoms with E-state index in [1.165, 1.54) is 18.4 Å². The molecule has 1 rings (SSSR count). The fraction of sp³-hybridized carbons (Fsp3) is 0.400. The van der Waals surface area contributed by atoms with Gasteiger partial charge in [0.05, 0.1) is 5.69 Å². The maximum Gasteiger partial charge on any atom is 0.300 e. The van der Waals surface area contributed by atoms with Gasteiger partial charge in [-0.05, 0) is 6.92 Å². The summed E-state index contributed by atoms with van der Waals surface area (Å²) < 4.78 is 26.2. The van der Waals surface area contributed by atoms with Crippen LogP contribution in [0.5, 0.6) is 0 Å². The highest BCUT2D eigenvalue weighted by Crippen LogP contribution is 2.14. The molecule has 0 aliphatic rings. The summed E-state index contributed by atoms with van der Waals surface area (Å²) in [5.74, 6) is 0. The zero-order valence-electron chi connectivity index (χ0n) is 6.66. The Bertz CT molecular complexity index is 357. The van der Waals surface area contributed by atoms with Crippen LogP contribution in [0.25, 0.3) is 0 Å². The molecule has 1 aromatic heterocycles. The molecule has 2 N–H and O–H groups in total. The van der Waals surface area contributed by atoms with Crippen molar-refractivity contribution in [1.29, 1.82) is 0 Å². The zero-order valence-corrected chi connectivity index (χ0v) is 8.29. The number of nitrogens with zero attached hydrogens (tertiary/aromatic N) is 1. The van der Waals surface area contributed by atoms with Crippen LogP contribution in [-0.2, 0) is 10.2 Å². The molecule has 0 bridgehead atoms. The lowest BCUT2D eigenvalue weighted by Gasteiger charge is -2.00. The van der Waals surface area contributed by atoms with E-state index in [4.69, 9.17) is 0 Å². The lowest BCUT2D eigenvalue weighted by Crippen LogP contribution is -2.26. The molecule has 12 heavy (non-hydrogen) atoms. The molecule has 0 saturated carbocycles. The molecule has 0 atom stereocenters. The Balaban J connectivity index is 2.77. The van der Waals surface area contributed by atoms with Gasteiger partial charge in [0.15, 0.2) is 5.13 Å². The molecule has 1 aromatic rings. The van der Waals surface area contributed by atoms with E-state index in [1.54, 1.807) is 12.3 Å². The van der Waals surface area contributed by atoms with E-state index < -0.39 is 10.2 Å². The van der Waals surface area contributed by atoms with Crippen LogP contribution in [0, 0.1) is 6.92 Å². The number of anilines is 1. The lowest BCUT2D eigenvalue weighted by molar-refractivity contribution is 0.593. The van der Waals surface area contributed by atoms with Crippen molar-refractivity contribution in [3.05, 3.63) is 11.1 Å². The second kappa shape index (κ2) is 3.38. The topological polar surface area (TPSA) is 71.1 Å². The summed E-state index contributed by atoms with van der Waals surface area (Å²) in [6.07, 6.45) is 0. The molecule has 0 aliphatic heterocycles. The number of hydrogen-bond donors (Lipinski definition) is 2. The van der Waals surface area contributed by atoms with Gasteiger partial charge in [-0.25, -0.2) is 14.4 Å². The van der Waals surface area contributed by atoms with Crippen molar-refractivity contribution in [1.82, 2.24) is 9.71 Å². The molecule has 0 aromatic carbocycles. The first-order chi connectivity index (χ1) is 5.53. The van der Waals surface area contributed by atoms with E-state index in [1.807, 2.05) is 0 Å². The summed E-state index contributed by atoms with van der Waals surface area (Å²) in [6.45, 7) is 1.80. The first-order valence-corrected chi connectivity index (χ1v) is 5.53. The summed E-state index contributed by atoms with van der Waals surface area (Å²) in [4.78, 5) is 3.93. The van der Waals surface area contributed by atoms with Crippen LogP contribution < -0.4 is 9.44 Å². The van der Waals surface area contributed by atoms with E-state index in [-0.39, 0.29) is 0 Å². The van der Waals surface area contributed by atoms with Crippen LogP contribution in [-0.4, -0.2) is 20.4 Å². The Hall–Kier alpha value is -0.660. The molecule has 0 aliphatic carbocycles. The molecule has 5 nitrogen and oxygen atoms in total. The minimum absolute atomic E-state index is 0.377. The van der Waals surface area contributed by atoms with Gasteiger partial charge in [-0.2, -0.15) is 8.42 Å². The van der Waals surface area contributed by atoms with Crippen LogP contribution in [0.4, 0.5) is 5.13 Å².